The van der Waals surface area contributed by atoms with Crippen molar-refractivity contribution in [1.29, 1.82) is 0 Å². The molecule has 2 aliphatic rings. The zero-order chi connectivity index (χ0) is 13.5. The van der Waals surface area contributed by atoms with Crippen LogP contribution in [0.5, 0.6) is 0 Å². The lowest BCUT2D eigenvalue weighted by Crippen LogP contribution is -2.20. The number of anilines is 1. The van der Waals surface area contributed by atoms with Gasteiger partial charge in [0.2, 0.25) is 0 Å². The Balaban J connectivity index is 1.87. The normalized spacial score (nSPS) is 17.4. The highest BCUT2D eigenvalue weighted by Gasteiger charge is 2.19. The van der Waals surface area contributed by atoms with E-state index in [1.807, 2.05) is 24.4 Å². The standard InChI is InChI=1S/C14H12N4O2/c19-14-16-11-6-12-10(5-9(11)7-20-14)13(18-17-12)8-1-3-15-4-2-8/h1,3,5-6H,2,4,7H2,(H,16,19)(H,17,18). The first-order valence-corrected chi connectivity index (χ1v) is 6.45. The summed E-state index contributed by atoms with van der Waals surface area (Å²) >= 11 is 0. The summed E-state index contributed by atoms with van der Waals surface area (Å²) in [5.74, 6) is 0. The average molecular weight is 268 g/mol. The number of nitrogens with zero attached hydrogens (tertiary/aromatic N) is 2. The SMILES string of the molecule is O=C1Nc2cc3[nH]nc(C4=CC=NCC4)c3cc2CO1. The molecular weight excluding hydrogens is 256 g/mol. The number of hydrogen-bond donors (Lipinski definition) is 2. The second-order valence-electron chi connectivity index (χ2n) is 4.83. The van der Waals surface area contributed by atoms with Crippen LogP contribution in [-0.2, 0) is 11.3 Å². The molecule has 2 aliphatic heterocycles. The molecule has 2 aromatic rings. The van der Waals surface area contributed by atoms with E-state index >= 15 is 0 Å². The van der Waals surface area contributed by atoms with Gasteiger partial charge in [0.15, 0.2) is 0 Å². The van der Waals surface area contributed by atoms with Gasteiger partial charge in [-0.1, -0.05) is 0 Å². The first-order chi connectivity index (χ1) is 9.81. The van der Waals surface area contributed by atoms with Gasteiger partial charge in [-0.3, -0.25) is 15.4 Å². The summed E-state index contributed by atoms with van der Waals surface area (Å²) in [6.07, 6.45) is 4.29. The van der Waals surface area contributed by atoms with Crippen LogP contribution in [-0.4, -0.2) is 29.0 Å². The van der Waals surface area contributed by atoms with Crippen molar-refractivity contribution in [2.75, 3.05) is 11.9 Å². The van der Waals surface area contributed by atoms with Gasteiger partial charge in [-0.15, -0.1) is 0 Å². The molecule has 6 nitrogen and oxygen atoms in total. The highest BCUT2D eigenvalue weighted by Crippen LogP contribution is 2.31. The third kappa shape index (κ3) is 1.69. The van der Waals surface area contributed by atoms with E-state index in [9.17, 15) is 4.79 Å². The molecule has 0 bridgehead atoms. The molecule has 0 unspecified atom stereocenters. The molecule has 0 spiro atoms. The number of nitrogens with one attached hydrogen (secondary N) is 2. The number of carbonyl (C=O) groups is 1. The lowest BCUT2D eigenvalue weighted by Gasteiger charge is -2.17. The number of benzene rings is 1. The van der Waals surface area contributed by atoms with Crippen molar-refractivity contribution in [3.05, 3.63) is 29.5 Å². The quantitative estimate of drug-likeness (QED) is 0.833. The number of aromatic nitrogens is 2. The number of hydrogen-bond acceptors (Lipinski definition) is 4. The summed E-state index contributed by atoms with van der Waals surface area (Å²) in [7, 11) is 0. The smallest absolute Gasteiger partial charge is 0.411 e. The van der Waals surface area contributed by atoms with E-state index < -0.39 is 6.09 Å². The maximum Gasteiger partial charge on any atom is 0.411 e. The van der Waals surface area contributed by atoms with Gasteiger partial charge in [-0.25, -0.2) is 4.79 Å². The number of aromatic amines is 1. The fraction of sp³-hybridized carbons (Fsp3) is 0.214. The van der Waals surface area contributed by atoms with Crippen LogP contribution in [0.1, 0.15) is 17.7 Å². The van der Waals surface area contributed by atoms with Crippen molar-refractivity contribution in [3.8, 4) is 0 Å². The second kappa shape index (κ2) is 4.19. The number of H-pyrrole nitrogens is 1. The predicted molar refractivity (Wildman–Crippen MR) is 75.9 cm³/mol. The Morgan fingerprint density at radius 3 is 3.10 bits per heavy atom. The number of ether oxygens (including phenoxy) is 1. The minimum Gasteiger partial charge on any atom is -0.444 e. The molecule has 4 rings (SSSR count). The van der Waals surface area contributed by atoms with Crippen LogP contribution in [0.2, 0.25) is 0 Å². The number of dihydropyridines is 1. The van der Waals surface area contributed by atoms with Crippen molar-refractivity contribution in [3.63, 3.8) is 0 Å². The van der Waals surface area contributed by atoms with Crippen molar-refractivity contribution in [2.24, 2.45) is 4.99 Å². The fourth-order valence-electron chi connectivity index (χ4n) is 2.56. The van der Waals surface area contributed by atoms with Gasteiger partial charge in [0.25, 0.3) is 0 Å². The molecule has 1 aromatic carbocycles. The predicted octanol–water partition coefficient (Wildman–Crippen LogP) is 2.48. The summed E-state index contributed by atoms with van der Waals surface area (Å²) in [5.41, 5.74) is 4.77. The van der Waals surface area contributed by atoms with E-state index in [4.69, 9.17) is 4.74 Å². The maximum absolute atomic E-state index is 11.2. The number of aliphatic imine (C=N–C) groups is 1. The minimum atomic E-state index is -0.414. The van der Waals surface area contributed by atoms with Gasteiger partial charge in [-0.05, 0) is 30.2 Å². The lowest BCUT2D eigenvalue weighted by atomic mass is 10.0. The van der Waals surface area contributed by atoms with E-state index in [-0.39, 0.29) is 0 Å². The van der Waals surface area contributed by atoms with Crippen molar-refractivity contribution < 1.29 is 9.53 Å². The molecule has 1 amide bonds. The van der Waals surface area contributed by atoms with Crippen LogP contribution in [0.3, 0.4) is 0 Å². The fourth-order valence-corrected chi connectivity index (χ4v) is 2.56. The Labute approximate surface area is 114 Å². The number of cyclic esters (lactones) is 1. The monoisotopic (exact) mass is 268 g/mol. The van der Waals surface area contributed by atoms with Gasteiger partial charge < -0.3 is 4.74 Å². The molecule has 0 saturated heterocycles. The summed E-state index contributed by atoms with van der Waals surface area (Å²) < 4.78 is 5.00. The minimum absolute atomic E-state index is 0.294. The van der Waals surface area contributed by atoms with Gasteiger partial charge >= 0.3 is 6.09 Å². The van der Waals surface area contributed by atoms with Gasteiger partial charge in [0, 0.05) is 23.7 Å². The van der Waals surface area contributed by atoms with Crippen molar-refractivity contribution in [2.45, 2.75) is 13.0 Å². The molecule has 2 N–H and O–H groups in total. The molecule has 6 heteroatoms. The molecule has 3 heterocycles. The average Bonchev–Trinajstić information content (AvgIpc) is 2.88. The molecule has 0 fully saturated rings. The van der Waals surface area contributed by atoms with E-state index in [2.05, 4.69) is 20.5 Å². The number of allylic oxidation sites excluding steroid dienone is 1. The Morgan fingerprint density at radius 1 is 1.30 bits per heavy atom. The van der Waals surface area contributed by atoms with E-state index in [0.717, 1.165) is 40.8 Å². The van der Waals surface area contributed by atoms with E-state index in [0.29, 0.717) is 6.61 Å². The van der Waals surface area contributed by atoms with Crippen LogP contribution >= 0.6 is 0 Å². The third-order valence-electron chi connectivity index (χ3n) is 3.58. The van der Waals surface area contributed by atoms with E-state index in [1.165, 1.54) is 5.57 Å². The zero-order valence-electron chi connectivity index (χ0n) is 10.6. The van der Waals surface area contributed by atoms with Crippen LogP contribution in [0.4, 0.5) is 10.5 Å². The Kier molecular flexibility index (Phi) is 2.35. The molecule has 100 valence electrons. The molecule has 1 aromatic heterocycles. The van der Waals surface area contributed by atoms with Crippen LogP contribution in [0.25, 0.3) is 16.5 Å². The molecule has 0 atom stereocenters. The topological polar surface area (TPSA) is 79.4 Å². The van der Waals surface area contributed by atoms with Crippen LogP contribution in [0.15, 0.2) is 23.2 Å². The Hall–Kier alpha value is -2.63. The molecule has 0 saturated carbocycles. The third-order valence-corrected chi connectivity index (χ3v) is 3.58. The summed E-state index contributed by atoms with van der Waals surface area (Å²) in [4.78, 5) is 15.4. The number of carbonyl (C=O) groups excluding carboxylic acids is 1. The van der Waals surface area contributed by atoms with Gasteiger partial charge in [-0.2, -0.15) is 5.10 Å². The first kappa shape index (κ1) is 11.2. The van der Waals surface area contributed by atoms with Gasteiger partial charge in [0.05, 0.1) is 16.9 Å². The molecule has 0 aliphatic carbocycles. The van der Waals surface area contributed by atoms with E-state index in [1.54, 1.807) is 0 Å². The number of rotatable bonds is 1. The number of amides is 1. The first-order valence-electron chi connectivity index (χ1n) is 6.45. The van der Waals surface area contributed by atoms with Crippen molar-refractivity contribution >= 4 is 34.5 Å². The second-order valence-corrected chi connectivity index (χ2v) is 4.83. The van der Waals surface area contributed by atoms with Crippen LogP contribution in [0, 0.1) is 0 Å². The summed E-state index contributed by atoms with van der Waals surface area (Å²) in [6.45, 7) is 1.09. The van der Waals surface area contributed by atoms with Crippen molar-refractivity contribution in [1.82, 2.24) is 10.2 Å². The summed E-state index contributed by atoms with van der Waals surface area (Å²) in [6, 6.07) is 3.93. The molecule has 0 radical (unpaired) electrons. The molecular formula is C14H12N4O2. The lowest BCUT2D eigenvalue weighted by molar-refractivity contribution is 0.151. The number of fused-ring (bicyclic) bond motifs is 2. The highest BCUT2D eigenvalue weighted by atomic mass is 16.5. The highest BCUT2D eigenvalue weighted by molar-refractivity contribution is 5.99. The maximum atomic E-state index is 11.2. The van der Waals surface area contributed by atoms with Crippen LogP contribution < -0.4 is 5.32 Å². The Morgan fingerprint density at radius 2 is 2.25 bits per heavy atom. The largest absolute Gasteiger partial charge is 0.444 e. The summed E-state index contributed by atoms with van der Waals surface area (Å²) in [5, 5.41) is 11.2. The molecule has 20 heavy (non-hydrogen) atoms. The zero-order valence-corrected chi connectivity index (χ0v) is 10.6. The van der Waals surface area contributed by atoms with Gasteiger partial charge in [0.1, 0.15) is 6.61 Å². The Bertz CT molecular complexity index is 773.